The Bertz CT molecular complexity index is 707. The molecule has 0 spiro atoms. The van der Waals surface area contributed by atoms with Gasteiger partial charge in [0.15, 0.2) is 5.75 Å². The molecule has 7 heteroatoms. The highest BCUT2D eigenvalue weighted by Gasteiger charge is 2.14. The SMILES string of the molecule is CC(NCc1ccc(O)c([N+](=O)[O-])c1)c1ccc(Cl)cc1Cl. The van der Waals surface area contributed by atoms with Gasteiger partial charge >= 0.3 is 5.69 Å². The van der Waals surface area contributed by atoms with E-state index < -0.39 is 4.92 Å². The van der Waals surface area contributed by atoms with Gasteiger partial charge in [0, 0.05) is 28.7 Å². The summed E-state index contributed by atoms with van der Waals surface area (Å²) in [6.07, 6.45) is 0. The highest BCUT2D eigenvalue weighted by molar-refractivity contribution is 6.35. The van der Waals surface area contributed by atoms with Crippen LogP contribution in [-0.2, 0) is 6.54 Å². The predicted molar refractivity (Wildman–Crippen MR) is 86.5 cm³/mol. The number of hydrogen-bond donors (Lipinski definition) is 2. The number of nitro benzene ring substituents is 1. The molecule has 0 aromatic heterocycles. The molecule has 2 aromatic rings. The first-order valence-corrected chi connectivity index (χ1v) is 7.28. The molecule has 0 amide bonds. The summed E-state index contributed by atoms with van der Waals surface area (Å²) in [7, 11) is 0. The average Bonchev–Trinajstić information content (AvgIpc) is 2.45. The third-order valence-corrected chi connectivity index (χ3v) is 3.84. The topological polar surface area (TPSA) is 75.4 Å². The molecule has 5 nitrogen and oxygen atoms in total. The number of aromatic hydroxyl groups is 1. The largest absolute Gasteiger partial charge is 0.502 e. The number of phenolic OH excluding ortho intramolecular Hbond substituents is 1. The van der Waals surface area contributed by atoms with Gasteiger partial charge in [-0.15, -0.1) is 0 Å². The maximum absolute atomic E-state index is 10.8. The maximum Gasteiger partial charge on any atom is 0.311 e. The van der Waals surface area contributed by atoms with E-state index in [-0.39, 0.29) is 17.5 Å². The molecule has 1 unspecified atom stereocenters. The summed E-state index contributed by atoms with van der Waals surface area (Å²) < 4.78 is 0. The van der Waals surface area contributed by atoms with Gasteiger partial charge in [-0.25, -0.2) is 0 Å². The molecule has 2 rings (SSSR count). The van der Waals surface area contributed by atoms with Crippen molar-refractivity contribution < 1.29 is 10.0 Å². The minimum Gasteiger partial charge on any atom is -0.502 e. The summed E-state index contributed by atoms with van der Waals surface area (Å²) in [6.45, 7) is 2.34. The number of hydrogen-bond acceptors (Lipinski definition) is 4. The smallest absolute Gasteiger partial charge is 0.311 e. The molecular weight excluding hydrogens is 327 g/mol. The minimum absolute atomic E-state index is 0.0578. The average molecular weight is 341 g/mol. The molecule has 0 aliphatic carbocycles. The van der Waals surface area contributed by atoms with E-state index in [4.69, 9.17) is 23.2 Å². The molecule has 0 heterocycles. The summed E-state index contributed by atoms with van der Waals surface area (Å²) >= 11 is 12.0. The number of phenols is 1. The molecule has 1 atom stereocenters. The second-order valence-corrected chi connectivity index (χ2v) is 5.69. The van der Waals surface area contributed by atoms with Gasteiger partial charge in [-0.05, 0) is 36.2 Å². The Morgan fingerprint density at radius 3 is 2.64 bits per heavy atom. The Labute approximate surface area is 137 Å². The third kappa shape index (κ3) is 3.88. The van der Waals surface area contributed by atoms with Crippen LogP contribution in [0.3, 0.4) is 0 Å². The third-order valence-electron chi connectivity index (χ3n) is 3.28. The fourth-order valence-electron chi connectivity index (χ4n) is 2.06. The van der Waals surface area contributed by atoms with Crippen molar-refractivity contribution >= 4 is 28.9 Å². The molecule has 0 bridgehead atoms. The molecule has 2 aromatic carbocycles. The van der Waals surface area contributed by atoms with Crippen LogP contribution in [0, 0.1) is 10.1 Å². The molecule has 0 aliphatic heterocycles. The lowest BCUT2D eigenvalue weighted by Gasteiger charge is -2.16. The normalized spacial score (nSPS) is 12.1. The van der Waals surface area contributed by atoms with Gasteiger partial charge in [-0.2, -0.15) is 0 Å². The number of benzene rings is 2. The Morgan fingerprint density at radius 1 is 1.27 bits per heavy atom. The van der Waals surface area contributed by atoms with Gasteiger partial charge in [0.25, 0.3) is 0 Å². The number of nitro groups is 1. The summed E-state index contributed by atoms with van der Waals surface area (Å²) in [5, 5.41) is 24.6. The van der Waals surface area contributed by atoms with Gasteiger partial charge in [0.05, 0.1) is 4.92 Å². The van der Waals surface area contributed by atoms with Crippen molar-refractivity contribution in [3.63, 3.8) is 0 Å². The van der Waals surface area contributed by atoms with Crippen molar-refractivity contribution in [2.75, 3.05) is 0 Å². The van der Waals surface area contributed by atoms with E-state index in [0.717, 1.165) is 5.56 Å². The summed E-state index contributed by atoms with van der Waals surface area (Å²) in [6, 6.07) is 9.49. The summed E-state index contributed by atoms with van der Waals surface area (Å²) in [5.74, 6) is -0.345. The fourth-order valence-corrected chi connectivity index (χ4v) is 2.63. The van der Waals surface area contributed by atoms with Crippen molar-refractivity contribution in [2.45, 2.75) is 19.5 Å². The standard InChI is InChI=1S/C15H14Cl2N2O3/c1-9(12-4-3-11(16)7-13(12)17)18-8-10-2-5-15(20)14(6-10)19(21)22/h2-7,9,18,20H,8H2,1H3. The Morgan fingerprint density at radius 2 is 2.00 bits per heavy atom. The lowest BCUT2D eigenvalue weighted by atomic mass is 10.1. The van der Waals surface area contributed by atoms with Crippen molar-refractivity contribution in [3.8, 4) is 5.75 Å². The molecule has 0 saturated carbocycles. The van der Waals surface area contributed by atoms with Crippen LogP contribution in [0.5, 0.6) is 5.75 Å². The molecule has 0 fully saturated rings. The van der Waals surface area contributed by atoms with Crippen LogP contribution < -0.4 is 5.32 Å². The fraction of sp³-hybridized carbons (Fsp3) is 0.200. The van der Waals surface area contributed by atoms with E-state index in [1.807, 2.05) is 13.0 Å². The second kappa shape index (κ2) is 6.96. The predicted octanol–water partition coefficient (Wildman–Crippen LogP) is 4.46. The van der Waals surface area contributed by atoms with E-state index in [1.165, 1.54) is 12.1 Å². The first-order chi connectivity index (χ1) is 10.4. The Balaban J connectivity index is 2.09. The second-order valence-electron chi connectivity index (χ2n) is 4.85. The number of nitrogens with zero attached hydrogens (tertiary/aromatic N) is 1. The van der Waals surface area contributed by atoms with Gasteiger partial charge < -0.3 is 10.4 Å². The van der Waals surface area contributed by atoms with E-state index >= 15 is 0 Å². The molecule has 0 aliphatic rings. The molecule has 22 heavy (non-hydrogen) atoms. The quantitative estimate of drug-likeness (QED) is 0.622. The zero-order valence-corrected chi connectivity index (χ0v) is 13.2. The number of halogens is 2. The molecule has 0 radical (unpaired) electrons. The van der Waals surface area contributed by atoms with Gasteiger partial charge in [0.2, 0.25) is 0 Å². The van der Waals surface area contributed by atoms with Crippen molar-refractivity contribution in [1.82, 2.24) is 5.32 Å². The molecule has 116 valence electrons. The summed E-state index contributed by atoms with van der Waals surface area (Å²) in [5.41, 5.74) is 1.28. The van der Waals surface area contributed by atoms with Gasteiger partial charge in [0.1, 0.15) is 0 Å². The van der Waals surface area contributed by atoms with Crippen molar-refractivity contribution in [3.05, 3.63) is 67.7 Å². The van der Waals surface area contributed by atoms with E-state index in [1.54, 1.807) is 18.2 Å². The highest BCUT2D eigenvalue weighted by atomic mass is 35.5. The maximum atomic E-state index is 10.8. The van der Waals surface area contributed by atoms with E-state index in [9.17, 15) is 15.2 Å². The highest BCUT2D eigenvalue weighted by Crippen LogP contribution is 2.28. The number of rotatable bonds is 5. The van der Waals surface area contributed by atoms with Crippen molar-refractivity contribution in [1.29, 1.82) is 0 Å². The molecule has 0 saturated heterocycles. The number of nitrogens with one attached hydrogen (secondary N) is 1. The van der Waals surface area contributed by atoms with Crippen LogP contribution in [0.2, 0.25) is 10.0 Å². The molecular formula is C15H14Cl2N2O3. The van der Waals surface area contributed by atoms with Gasteiger partial charge in [-0.3, -0.25) is 10.1 Å². The van der Waals surface area contributed by atoms with Crippen LogP contribution in [0.4, 0.5) is 5.69 Å². The van der Waals surface area contributed by atoms with Crippen LogP contribution in [0.15, 0.2) is 36.4 Å². The Hall–Kier alpha value is -1.82. The summed E-state index contributed by atoms with van der Waals surface area (Å²) in [4.78, 5) is 10.2. The minimum atomic E-state index is -0.613. The first-order valence-electron chi connectivity index (χ1n) is 6.53. The van der Waals surface area contributed by atoms with Crippen LogP contribution in [0.25, 0.3) is 0 Å². The van der Waals surface area contributed by atoms with Crippen LogP contribution >= 0.6 is 23.2 Å². The Kier molecular flexibility index (Phi) is 5.24. The zero-order valence-electron chi connectivity index (χ0n) is 11.7. The molecule has 2 N–H and O–H groups in total. The monoisotopic (exact) mass is 340 g/mol. The van der Waals surface area contributed by atoms with E-state index in [2.05, 4.69) is 5.32 Å². The van der Waals surface area contributed by atoms with Crippen LogP contribution in [0.1, 0.15) is 24.1 Å². The first kappa shape index (κ1) is 16.5. The van der Waals surface area contributed by atoms with Crippen LogP contribution in [-0.4, -0.2) is 10.0 Å². The van der Waals surface area contributed by atoms with Crippen molar-refractivity contribution in [2.24, 2.45) is 0 Å². The van der Waals surface area contributed by atoms with Gasteiger partial charge in [-0.1, -0.05) is 35.3 Å². The lowest BCUT2D eigenvalue weighted by molar-refractivity contribution is -0.385. The lowest BCUT2D eigenvalue weighted by Crippen LogP contribution is -2.18. The zero-order chi connectivity index (χ0) is 16.3. The van der Waals surface area contributed by atoms with E-state index in [0.29, 0.717) is 22.2 Å².